The molecule has 0 aliphatic carbocycles. The zero-order valence-electron chi connectivity index (χ0n) is 13.7. The summed E-state index contributed by atoms with van der Waals surface area (Å²) in [6.45, 7) is 1.64. The van der Waals surface area contributed by atoms with Gasteiger partial charge in [0.25, 0.3) is 0 Å². The lowest BCUT2D eigenvalue weighted by molar-refractivity contribution is -0.121. The van der Waals surface area contributed by atoms with Crippen LogP contribution in [0.5, 0.6) is 5.75 Å². The van der Waals surface area contributed by atoms with Crippen LogP contribution in [0.3, 0.4) is 0 Å². The Bertz CT molecular complexity index is 745. The Hall–Kier alpha value is -1.92. The van der Waals surface area contributed by atoms with Gasteiger partial charge in [0.2, 0.25) is 5.91 Å². The molecule has 0 radical (unpaired) electrons. The van der Waals surface area contributed by atoms with Crippen LogP contribution in [0.25, 0.3) is 10.6 Å². The lowest BCUT2D eigenvalue weighted by Gasteiger charge is -2.26. The SMILES string of the molecule is COc1ccccc1-c1ncc(CN2[C@@H]3CC[C@H]2CC(=O)NC3)s1. The van der Waals surface area contributed by atoms with Crippen molar-refractivity contribution in [2.75, 3.05) is 13.7 Å². The van der Waals surface area contributed by atoms with E-state index in [-0.39, 0.29) is 5.91 Å². The van der Waals surface area contributed by atoms with E-state index in [1.807, 2.05) is 30.5 Å². The van der Waals surface area contributed by atoms with E-state index < -0.39 is 0 Å². The number of nitrogens with zero attached hydrogens (tertiary/aromatic N) is 2. The van der Waals surface area contributed by atoms with Gasteiger partial charge in [0, 0.05) is 42.7 Å². The van der Waals surface area contributed by atoms with Gasteiger partial charge in [-0.25, -0.2) is 4.98 Å². The summed E-state index contributed by atoms with van der Waals surface area (Å²) in [5, 5.41) is 4.01. The van der Waals surface area contributed by atoms with Gasteiger partial charge in [-0.3, -0.25) is 9.69 Å². The van der Waals surface area contributed by atoms with Crippen LogP contribution in [-0.2, 0) is 11.3 Å². The van der Waals surface area contributed by atoms with Crippen molar-refractivity contribution in [3.63, 3.8) is 0 Å². The van der Waals surface area contributed by atoms with E-state index in [4.69, 9.17) is 4.74 Å². The average Bonchev–Trinajstić information content (AvgIpc) is 3.16. The highest BCUT2D eigenvalue weighted by Gasteiger charge is 2.37. The predicted octanol–water partition coefficient (Wildman–Crippen LogP) is 2.67. The maximum Gasteiger partial charge on any atom is 0.221 e. The zero-order valence-corrected chi connectivity index (χ0v) is 14.5. The summed E-state index contributed by atoms with van der Waals surface area (Å²) < 4.78 is 5.44. The summed E-state index contributed by atoms with van der Waals surface area (Å²) in [7, 11) is 1.69. The molecule has 4 rings (SSSR count). The molecule has 5 nitrogen and oxygen atoms in total. The molecule has 0 spiro atoms. The van der Waals surface area contributed by atoms with Gasteiger partial charge in [-0.1, -0.05) is 12.1 Å². The van der Waals surface area contributed by atoms with Gasteiger partial charge in [-0.2, -0.15) is 0 Å². The predicted molar refractivity (Wildman–Crippen MR) is 94.1 cm³/mol. The number of ether oxygens (including phenoxy) is 1. The average molecular weight is 343 g/mol. The Morgan fingerprint density at radius 1 is 1.33 bits per heavy atom. The molecule has 2 aliphatic rings. The Morgan fingerprint density at radius 3 is 3.04 bits per heavy atom. The van der Waals surface area contributed by atoms with Gasteiger partial charge in [0.05, 0.1) is 12.7 Å². The highest BCUT2D eigenvalue weighted by Crippen LogP contribution is 2.35. The number of amides is 1. The molecule has 2 bridgehead atoms. The molecule has 2 aromatic rings. The molecule has 24 heavy (non-hydrogen) atoms. The van der Waals surface area contributed by atoms with E-state index in [9.17, 15) is 4.79 Å². The van der Waals surface area contributed by atoms with Gasteiger partial charge >= 0.3 is 0 Å². The van der Waals surface area contributed by atoms with Crippen molar-refractivity contribution in [3.8, 4) is 16.3 Å². The van der Waals surface area contributed by atoms with Crippen LogP contribution in [0.15, 0.2) is 30.5 Å². The largest absolute Gasteiger partial charge is 0.496 e. The van der Waals surface area contributed by atoms with Gasteiger partial charge < -0.3 is 10.1 Å². The van der Waals surface area contributed by atoms with E-state index >= 15 is 0 Å². The first-order chi connectivity index (χ1) is 11.7. The molecular weight excluding hydrogens is 322 g/mol. The van der Waals surface area contributed by atoms with Crippen molar-refractivity contribution in [2.24, 2.45) is 0 Å². The molecule has 2 atom stereocenters. The number of hydrogen-bond acceptors (Lipinski definition) is 5. The number of thiazole rings is 1. The first-order valence-electron chi connectivity index (χ1n) is 8.35. The second kappa shape index (κ2) is 6.53. The fourth-order valence-electron chi connectivity index (χ4n) is 3.74. The highest BCUT2D eigenvalue weighted by molar-refractivity contribution is 7.15. The number of carbonyl (C=O) groups excluding carboxylic acids is 1. The van der Waals surface area contributed by atoms with Gasteiger partial charge in [-0.05, 0) is 25.0 Å². The third-order valence-corrected chi connectivity index (χ3v) is 5.97. The second-order valence-electron chi connectivity index (χ2n) is 6.40. The van der Waals surface area contributed by atoms with E-state index in [0.29, 0.717) is 18.5 Å². The minimum Gasteiger partial charge on any atom is -0.496 e. The minimum absolute atomic E-state index is 0.186. The fraction of sp³-hybridized carbons (Fsp3) is 0.444. The molecular formula is C18H21N3O2S. The van der Waals surface area contributed by atoms with Crippen molar-refractivity contribution in [1.82, 2.24) is 15.2 Å². The minimum atomic E-state index is 0.186. The lowest BCUT2D eigenvalue weighted by Crippen LogP contribution is -2.37. The maximum absolute atomic E-state index is 11.8. The number of hydrogen-bond donors (Lipinski definition) is 1. The van der Waals surface area contributed by atoms with Crippen LogP contribution >= 0.6 is 11.3 Å². The third-order valence-electron chi connectivity index (χ3n) is 4.96. The van der Waals surface area contributed by atoms with E-state index in [2.05, 4.69) is 15.2 Å². The number of methoxy groups -OCH3 is 1. The standard InChI is InChI=1S/C18H21N3O2S/c1-23-16-5-3-2-4-15(16)18-20-10-14(24-18)11-21-12-6-7-13(21)9-19-17(22)8-12/h2-5,10,12-13H,6-9,11H2,1H3,(H,19,22)/t12-,13+/m0/s1. The lowest BCUT2D eigenvalue weighted by atomic mass is 10.1. The monoisotopic (exact) mass is 343 g/mol. The maximum atomic E-state index is 11.8. The number of rotatable bonds is 4. The van der Waals surface area contributed by atoms with Crippen molar-refractivity contribution >= 4 is 17.2 Å². The Kier molecular flexibility index (Phi) is 4.24. The fourth-order valence-corrected chi connectivity index (χ4v) is 4.69. The first kappa shape index (κ1) is 15.6. The third kappa shape index (κ3) is 2.91. The molecule has 3 heterocycles. The van der Waals surface area contributed by atoms with E-state index in [1.54, 1.807) is 18.4 Å². The molecule has 1 N–H and O–H groups in total. The summed E-state index contributed by atoms with van der Waals surface area (Å²) in [6.07, 6.45) is 4.88. The number of benzene rings is 1. The molecule has 2 aliphatic heterocycles. The van der Waals surface area contributed by atoms with Crippen LogP contribution in [0.1, 0.15) is 24.1 Å². The zero-order chi connectivity index (χ0) is 16.5. The summed E-state index contributed by atoms with van der Waals surface area (Å²) in [4.78, 5) is 20.1. The molecule has 0 saturated carbocycles. The topological polar surface area (TPSA) is 54.5 Å². The van der Waals surface area contributed by atoms with Gasteiger partial charge in [-0.15, -0.1) is 11.3 Å². The molecule has 2 fully saturated rings. The molecule has 126 valence electrons. The Morgan fingerprint density at radius 2 is 2.17 bits per heavy atom. The molecule has 1 amide bonds. The Balaban J connectivity index is 1.54. The summed E-state index contributed by atoms with van der Waals surface area (Å²) in [5.74, 6) is 1.04. The van der Waals surface area contributed by atoms with Crippen LogP contribution in [0, 0.1) is 0 Å². The summed E-state index contributed by atoms with van der Waals surface area (Å²) in [5.41, 5.74) is 1.03. The van der Waals surface area contributed by atoms with Gasteiger partial charge in [0.1, 0.15) is 10.8 Å². The number of fused-ring (bicyclic) bond motifs is 2. The van der Waals surface area contributed by atoms with Crippen molar-refractivity contribution in [1.29, 1.82) is 0 Å². The highest BCUT2D eigenvalue weighted by atomic mass is 32.1. The smallest absolute Gasteiger partial charge is 0.221 e. The number of aromatic nitrogens is 1. The number of nitrogens with one attached hydrogen (secondary N) is 1. The van der Waals surface area contributed by atoms with E-state index in [1.165, 1.54) is 11.3 Å². The quantitative estimate of drug-likeness (QED) is 0.927. The molecule has 6 heteroatoms. The van der Waals surface area contributed by atoms with Crippen LogP contribution < -0.4 is 10.1 Å². The van der Waals surface area contributed by atoms with Crippen molar-refractivity contribution in [3.05, 3.63) is 35.3 Å². The molecule has 2 saturated heterocycles. The summed E-state index contributed by atoms with van der Waals surface area (Å²) in [6, 6.07) is 8.80. The van der Waals surface area contributed by atoms with Crippen LogP contribution in [0.2, 0.25) is 0 Å². The number of carbonyl (C=O) groups is 1. The molecule has 0 unspecified atom stereocenters. The van der Waals surface area contributed by atoms with E-state index in [0.717, 1.165) is 35.8 Å². The van der Waals surface area contributed by atoms with Gasteiger partial charge in [0.15, 0.2) is 0 Å². The normalized spacial score (nSPS) is 23.8. The second-order valence-corrected chi connectivity index (χ2v) is 7.51. The Labute approximate surface area is 145 Å². The number of para-hydroxylation sites is 1. The van der Waals surface area contributed by atoms with Crippen LogP contribution in [0.4, 0.5) is 0 Å². The first-order valence-corrected chi connectivity index (χ1v) is 9.17. The molecule has 1 aromatic heterocycles. The van der Waals surface area contributed by atoms with Crippen LogP contribution in [-0.4, -0.2) is 41.5 Å². The summed E-state index contributed by atoms with van der Waals surface area (Å²) >= 11 is 1.71. The van der Waals surface area contributed by atoms with Crippen molar-refractivity contribution in [2.45, 2.75) is 37.9 Å². The molecule has 1 aromatic carbocycles. The van der Waals surface area contributed by atoms with Crippen molar-refractivity contribution < 1.29 is 9.53 Å².